The average molecular weight is 477 g/mol. The van der Waals surface area contributed by atoms with Gasteiger partial charge in [0.1, 0.15) is 11.5 Å². The summed E-state index contributed by atoms with van der Waals surface area (Å²) in [5.41, 5.74) is 2.10. The van der Waals surface area contributed by atoms with Crippen LogP contribution in [0.15, 0.2) is 72.8 Å². The number of hydrogen-bond donors (Lipinski definition) is 0. The molecule has 0 amide bonds. The number of benzene rings is 3. The Kier molecular flexibility index (Phi) is 6.65. The first-order valence-corrected chi connectivity index (χ1v) is 12.3. The van der Waals surface area contributed by atoms with E-state index in [0.29, 0.717) is 0 Å². The Bertz CT molecular complexity index is 1190. The smallest absolute Gasteiger partial charge is 0.367 e. The van der Waals surface area contributed by atoms with Gasteiger partial charge in [0.25, 0.3) is 0 Å². The van der Waals surface area contributed by atoms with E-state index in [1.165, 1.54) is 26.2 Å². The summed E-state index contributed by atoms with van der Waals surface area (Å²) in [5, 5.41) is 0. The summed E-state index contributed by atoms with van der Waals surface area (Å²) < 4.78 is 63.5. The van der Waals surface area contributed by atoms with E-state index >= 15 is 0 Å². The van der Waals surface area contributed by atoms with Crippen LogP contribution in [0.5, 0.6) is 11.5 Å². The molecule has 3 rings (SSSR count). The normalized spacial score (nSPS) is 11.6. The van der Waals surface area contributed by atoms with Crippen LogP contribution in [0.4, 0.5) is 11.4 Å². The van der Waals surface area contributed by atoms with Gasteiger partial charge in [-0.1, -0.05) is 47.5 Å². The van der Waals surface area contributed by atoms with Gasteiger partial charge in [-0.15, -0.1) is 0 Å². The molecule has 3 aromatic carbocycles. The fraction of sp³-hybridized carbons (Fsp3) is 0.182. The van der Waals surface area contributed by atoms with E-state index < -0.39 is 20.6 Å². The monoisotopic (exact) mass is 476 g/mol. The maximum absolute atomic E-state index is 12.8. The Labute approximate surface area is 189 Å². The van der Waals surface area contributed by atoms with E-state index in [1.54, 1.807) is 60.7 Å². The van der Waals surface area contributed by atoms with E-state index in [2.05, 4.69) is 0 Å². The van der Waals surface area contributed by atoms with Gasteiger partial charge in [0, 0.05) is 14.1 Å². The minimum atomic E-state index is -4.27. The van der Waals surface area contributed by atoms with Gasteiger partial charge in [-0.2, -0.15) is 16.8 Å². The highest BCUT2D eigenvalue weighted by molar-refractivity contribution is 7.89. The van der Waals surface area contributed by atoms with Crippen molar-refractivity contribution in [2.45, 2.75) is 13.8 Å². The zero-order valence-electron chi connectivity index (χ0n) is 18.1. The van der Waals surface area contributed by atoms with E-state index in [0.717, 1.165) is 19.7 Å². The van der Waals surface area contributed by atoms with Crippen LogP contribution >= 0.6 is 0 Å². The van der Waals surface area contributed by atoms with Crippen LogP contribution in [-0.4, -0.2) is 30.9 Å². The van der Waals surface area contributed by atoms with E-state index in [9.17, 15) is 16.8 Å². The largest absolute Gasteiger partial charge is 0.409 e. The zero-order valence-corrected chi connectivity index (χ0v) is 19.7. The molecule has 0 atom stereocenters. The number of aryl methyl sites for hydroxylation is 2. The van der Waals surface area contributed by atoms with Crippen LogP contribution in [0.25, 0.3) is 0 Å². The fourth-order valence-electron chi connectivity index (χ4n) is 2.78. The molecule has 0 heterocycles. The zero-order chi connectivity index (χ0) is 23.5. The Morgan fingerprint density at radius 3 is 1.19 bits per heavy atom. The standard InChI is InChI=1S/C22H24N2O6S2/c1-17-9-13-19(14-10-17)29-31(25,26)23(3)21-7-5-6-8-22(21)24(4)32(27,28)30-20-15-11-18(2)12-16-20/h5-16H,1-4H3. The van der Waals surface area contributed by atoms with Crippen LogP contribution in [0, 0.1) is 13.8 Å². The highest BCUT2D eigenvalue weighted by Crippen LogP contribution is 2.32. The Morgan fingerprint density at radius 1 is 0.562 bits per heavy atom. The van der Waals surface area contributed by atoms with Gasteiger partial charge in [-0.3, -0.25) is 0 Å². The van der Waals surface area contributed by atoms with Crippen molar-refractivity contribution in [2.75, 3.05) is 22.7 Å². The minimum absolute atomic E-state index is 0.0955. The summed E-state index contributed by atoms with van der Waals surface area (Å²) in [4.78, 5) is 0. The molecule has 0 N–H and O–H groups in total. The number of hydrogen-bond acceptors (Lipinski definition) is 6. The molecule has 0 fully saturated rings. The first-order chi connectivity index (χ1) is 15.0. The van der Waals surface area contributed by atoms with E-state index in [-0.39, 0.29) is 22.9 Å². The van der Waals surface area contributed by atoms with Crippen molar-refractivity contribution in [3.63, 3.8) is 0 Å². The lowest BCUT2D eigenvalue weighted by Crippen LogP contribution is -2.35. The summed E-state index contributed by atoms with van der Waals surface area (Å²) in [6, 6.07) is 19.2. The lowest BCUT2D eigenvalue weighted by Gasteiger charge is -2.26. The van der Waals surface area contributed by atoms with Crippen molar-refractivity contribution in [1.82, 2.24) is 0 Å². The second kappa shape index (κ2) is 9.09. The van der Waals surface area contributed by atoms with Crippen molar-refractivity contribution in [2.24, 2.45) is 0 Å². The highest BCUT2D eigenvalue weighted by Gasteiger charge is 2.28. The van der Waals surface area contributed by atoms with Gasteiger partial charge < -0.3 is 8.37 Å². The number of rotatable bonds is 8. The summed E-state index contributed by atoms with van der Waals surface area (Å²) >= 11 is 0. The molecule has 0 aliphatic carbocycles. The molecule has 3 aromatic rings. The van der Waals surface area contributed by atoms with Crippen molar-refractivity contribution < 1.29 is 25.2 Å². The first-order valence-electron chi connectivity index (χ1n) is 9.59. The third-order valence-electron chi connectivity index (χ3n) is 4.68. The topological polar surface area (TPSA) is 93.2 Å². The van der Waals surface area contributed by atoms with Crippen molar-refractivity contribution >= 4 is 32.0 Å². The van der Waals surface area contributed by atoms with Gasteiger partial charge >= 0.3 is 20.6 Å². The highest BCUT2D eigenvalue weighted by atomic mass is 32.2. The molecule has 170 valence electrons. The lowest BCUT2D eigenvalue weighted by molar-refractivity contribution is 0.481. The summed E-state index contributed by atoms with van der Waals surface area (Å²) in [7, 11) is -5.98. The summed E-state index contributed by atoms with van der Waals surface area (Å²) in [5.74, 6) is 0.284. The molecular formula is C22H24N2O6S2. The second-order valence-corrected chi connectivity index (χ2v) is 10.3. The number of anilines is 2. The van der Waals surface area contributed by atoms with Crippen LogP contribution in [-0.2, 0) is 20.6 Å². The molecule has 32 heavy (non-hydrogen) atoms. The molecule has 0 aromatic heterocycles. The molecule has 10 heteroatoms. The molecule has 0 saturated carbocycles. The van der Waals surface area contributed by atoms with E-state index in [4.69, 9.17) is 8.37 Å². The Balaban J connectivity index is 1.89. The van der Waals surface area contributed by atoms with Crippen LogP contribution in [0.2, 0.25) is 0 Å². The molecule has 0 spiro atoms. The van der Waals surface area contributed by atoms with Crippen LogP contribution in [0.1, 0.15) is 11.1 Å². The lowest BCUT2D eigenvalue weighted by atomic mass is 10.2. The van der Waals surface area contributed by atoms with Crippen molar-refractivity contribution in [1.29, 1.82) is 0 Å². The fourth-order valence-corrected chi connectivity index (χ4v) is 4.50. The Hall–Kier alpha value is -3.24. The third-order valence-corrected chi connectivity index (χ3v) is 7.22. The van der Waals surface area contributed by atoms with Crippen molar-refractivity contribution in [3.8, 4) is 11.5 Å². The minimum Gasteiger partial charge on any atom is -0.367 e. The first kappa shape index (κ1) is 23.4. The third kappa shape index (κ3) is 5.32. The maximum Gasteiger partial charge on any atom is 0.409 e. The van der Waals surface area contributed by atoms with Crippen LogP contribution in [0.3, 0.4) is 0 Å². The quantitative estimate of drug-likeness (QED) is 0.491. The van der Waals surface area contributed by atoms with Crippen molar-refractivity contribution in [3.05, 3.63) is 83.9 Å². The average Bonchev–Trinajstić information content (AvgIpc) is 2.75. The molecular weight excluding hydrogens is 452 g/mol. The van der Waals surface area contributed by atoms with Gasteiger partial charge in [-0.25, -0.2) is 8.61 Å². The maximum atomic E-state index is 12.8. The molecule has 0 aliphatic heterocycles. The number of para-hydroxylation sites is 2. The van der Waals surface area contributed by atoms with Crippen LogP contribution < -0.4 is 17.0 Å². The molecule has 0 unspecified atom stereocenters. The predicted octanol–water partition coefficient (Wildman–Crippen LogP) is 3.82. The molecule has 0 bridgehead atoms. The Morgan fingerprint density at radius 2 is 0.875 bits per heavy atom. The number of nitrogens with zero attached hydrogens (tertiary/aromatic N) is 2. The molecule has 8 nitrogen and oxygen atoms in total. The van der Waals surface area contributed by atoms with Gasteiger partial charge in [-0.05, 0) is 50.2 Å². The van der Waals surface area contributed by atoms with Gasteiger partial charge in [0.05, 0.1) is 11.4 Å². The van der Waals surface area contributed by atoms with E-state index in [1.807, 2.05) is 13.8 Å². The molecule has 0 radical (unpaired) electrons. The molecule has 0 aliphatic rings. The SMILES string of the molecule is Cc1ccc(OS(=O)(=O)N(C)c2ccccc2N(C)S(=O)(=O)Oc2ccc(C)cc2)cc1. The van der Waals surface area contributed by atoms with Gasteiger partial charge in [0.2, 0.25) is 0 Å². The van der Waals surface area contributed by atoms with Gasteiger partial charge in [0.15, 0.2) is 0 Å². The molecule has 0 saturated heterocycles. The predicted molar refractivity (Wildman–Crippen MR) is 125 cm³/mol. The summed E-state index contributed by atoms with van der Waals surface area (Å²) in [6.45, 7) is 3.74. The second-order valence-electron chi connectivity index (χ2n) is 7.13. The summed E-state index contributed by atoms with van der Waals surface area (Å²) in [6.07, 6.45) is 0.